The summed E-state index contributed by atoms with van der Waals surface area (Å²) in [7, 11) is 1.58. The fraction of sp³-hybridized carbons (Fsp3) is 0.897. The molecule has 0 heterocycles. The Morgan fingerprint density at radius 2 is 0.740 bits per heavy atom. The van der Waals surface area contributed by atoms with Gasteiger partial charge in [-0.2, -0.15) is 0 Å². The van der Waals surface area contributed by atoms with Crippen molar-refractivity contribution in [2.75, 3.05) is 40.9 Å². The third-order valence-corrected chi connectivity index (χ3v) is 16.6. The van der Waals surface area contributed by atoms with Crippen molar-refractivity contribution in [3.8, 4) is 0 Å². The normalized spacial score (nSPS) is 13.9. The molecule has 0 aliphatic heterocycles. The maximum absolute atomic E-state index is 13.0. The fourth-order valence-corrected chi connectivity index (χ4v) is 11.0. The molecule has 77 heavy (non-hydrogen) atoms. The number of nitrogens with zero attached hydrogens (tertiary/aromatic N) is 1. The number of likely N-dealkylation sites (N-methyl/N-ethyl adjacent to an activating group) is 1. The molecule has 0 aliphatic rings. The summed E-state index contributed by atoms with van der Waals surface area (Å²) in [5.41, 5.74) is 0. The number of nitrogens with one attached hydrogen (secondary N) is 1. The van der Waals surface area contributed by atoms with Gasteiger partial charge in [0.05, 0.1) is 39.9 Å². The van der Waals surface area contributed by atoms with Gasteiger partial charge in [0.1, 0.15) is 13.2 Å². The van der Waals surface area contributed by atoms with E-state index in [0.717, 1.165) is 44.9 Å². The van der Waals surface area contributed by atoms with Crippen LogP contribution in [-0.4, -0.2) is 73.4 Å². The SMILES string of the molecule is CCCCCCC/C=C\C/C=C\CCCCCCCCCCCCCCCC(=O)NC(COP(=O)(O)OCC[N+](C)(C)C)C(O)/C=C/CCCCCCCCCCCCCCCCCCCCCCCCCCCCCC. The lowest BCUT2D eigenvalue weighted by molar-refractivity contribution is -0.870. The Balaban J connectivity index is 4.08. The summed E-state index contributed by atoms with van der Waals surface area (Å²) in [5.74, 6) is -0.173. The lowest BCUT2D eigenvalue weighted by Gasteiger charge is -2.25. The van der Waals surface area contributed by atoms with Gasteiger partial charge in [0.2, 0.25) is 5.91 Å². The van der Waals surface area contributed by atoms with Crippen molar-refractivity contribution in [1.82, 2.24) is 5.32 Å². The van der Waals surface area contributed by atoms with E-state index in [2.05, 4.69) is 43.5 Å². The lowest BCUT2D eigenvalue weighted by atomic mass is 10.0. The van der Waals surface area contributed by atoms with Crippen molar-refractivity contribution in [2.24, 2.45) is 0 Å². The van der Waals surface area contributed by atoms with Gasteiger partial charge in [0.15, 0.2) is 0 Å². The van der Waals surface area contributed by atoms with E-state index in [1.54, 1.807) is 6.08 Å². The molecule has 8 nitrogen and oxygen atoms in total. The number of unbranched alkanes of at least 4 members (excludes halogenated alkanes) is 46. The van der Waals surface area contributed by atoms with E-state index in [4.69, 9.17) is 9.05 Å². The monoisotopic (exact) mass is 1110 g/mol. The standard InChI is InChI=1S/C68H133N2O6P/c1-6-8-10-12-14-16-18-20-22-24-26-28-30-32-33-34-35-36-38-39-41-43-45-47-49-51-53-55-57-59-61-67(71)66(65-76-77(73,74)75-64-63-70(3,4)5)69-68(72)62-60-58-56-54-52-50-48-46-44-42-40-37-31-29-27-25-23-21-19-17-15-13-11-9-7-2/h19,21,25,27,59,61,66-67,71H,6-18,20,22-24,26,28-58,60,62-65H2,1-5H3,(H-,69,72,73,74)/p+1/b21-19-,27-25-,61-59+. The van der Waals surface area contributed by atoms with Gasteiger partial charge in [-0.05, 0) is 51.4 Å². The summed E-state index contributed by atoms with van der Waals surface area (Å²) in [6, 6.07) is -0.848. The van der Waals surface area contributed by atoms with E-state index in [9.17, 15) is 19.4 Å². The minimum Gasteiger partial charge on any atom is -0.387 e. The quantitative estimate of drug-likeness (QED) is 0.0243. The second kappa shape index (κ2) is 59.3. The average Bonchev–Trinajstić information content (AvgIpc) is 3.39. The molecule has 0 saturated heterocycles. The second-order valence-electron chi connectivity index (χ2n) is 24.6. The van der Waals surface area contributed by atoms with Crippen LogP contribution >= 0.6 is 7.82 Å². The van der Waals surface area contributed by atoms with E-state index in [1.807, 2.05) is 27.2 Å². The Morgan fingerprint density at radius 1 is 0.442 bits per heavy atom. The summed E-state index contributed by atoms with van der Waals surface area (Å²) in [6.45, 7) is 4.86. The molecule has 0 bridgehead atoms. The number of aliphatic hydroxyl groups is 1. The van der Waals surface area contributed by atoms with Crippen LogP contribution in [-0.2, 0) is 18.4 Å². The number of hydrogen-bond donors (Lipinski definition) is 3. The minimum atomic E-state index is -4.35. The van der Waals surface area contributed by atoms with E-state index in [-0.39, 0.29) is 19.1 Å². The molecule has 0 rings (SSSR count). The highest BCUT2D eigenvalue weighted by Crippen LogP contribution is 2.43. The Labute approximate surface area is 480 Å². The molecular weight excluding hydrogens is 972 g/mol. The molecule has 0 saturated carbocycles. The molecule has 3 N–H and O–H groups in total. The van der Waals surface area contributed by atoms with Crippen molar-refractivity contribution < 1.29 is 32.9 Å². The number of aliphatic hydroxyl groups excluding tert-OH is 1. The van der Waals surface area contributed by atoms with Crippen LogP contribution in [0.25, 0.3) is 0 Å². The highest BCUT2D eigenvalue weighted by atomic mass is 31.2. The van der Waals surface area contributed by atoms with Gasteiger partial charge in [-0.3, -0.25) is 13.8 Å². The van der Waals surface area contributed by atoms with Crippen LogP contribution in [0.15, 0.2) is 36.5 Å². The highest BCUT2D eigenvalue weighted by Gasteiger charge is 2.28. The summed E-state index contributed by atoms with van der Waals surface area (Å²) < 4.78 is 23.8. The Morgan fingerprint density at radius 3 is 1.06 bits per heavy atom. The second-order valence-corrected chi connectivity index (χ2v) is 26.0. The minimum absolute atomic E-state index is 0.0625. The number of hydrogen-bond acceptors (Lipinski definition) is 5. The van der Waals surface area contributed by atoms with Gasteiger partial charge in [-0.25, -0.2) is 4.57 Å². The number of phosphoric ester groups is 1. The average molecular weight is 1110 g/mol. The number of phosphoric acid groups is 1. The van der Waals surface area contributed by atoms with Gasteiger partial charge in [-0.1, -0.05) is 320 Å². The van der Waals surface area contributed by atoms with E-state index in [0.29, 0.717) is 17.4 Å². The molecule has 0 aromatic heterocycles. The summed E-state index contributed by atoms with van der Waals surface area (Å²) >= 11 is 0. The zero-order valence-corrected chi connectivity index (χ0v) is 53.1. The Bertz CT molecular complexity index is 1350. The largest absolute Gasteiger partial charge is 0.472 e. The van der Waals surface area contributed by atoms with Crippen molar-refractivity contribution in [3.63, 3.8) is 0 Å². The zero-order chi connectivity index (χ0) is 56.3. The molecule has 9 heteroatoms. The van der Waals surface area contributed by atoms with Crippen LogP contribution in [0.4, 0.5) is 0 Å². The molecule has 0 spiro atoms. The van der Waals surface area contributed by atoms with Crippen LogP contribution in [0.5, 0.6) is 0 Å². The van der Waals surface area contributed by atoms with Crippen molar-refractivity contribution in [1.29, 1.82) is 0 Å². The van der Waals surface area contributed by atoms with Crippen molar-refractivity contribution in [2.45, 2.75) is 353 Å². The first-order valence-electron chi connectivity index (χ1n) is 33.9. The Kier molecular flexibility index (Phi) is 58.4. The molecule has 1 amide bonds. The first-order chi connectivity index (χ1) is 37.5. The topological polar surface area (TPSA) is 105 Å². The third-order valence-electron chi connectivity index (χ3n) is 15.6. The highest BCUT2D eigenvalue weighted by molar-refractivity contribution is 7.47. The number of amides is 1. The van der Waals surface area contributed by atoms with Gasteiger partial charge in [-0.15, -0.1) is 0 Å². The van der Waals surface area contributed by atoms with Crippen molar-refractivity contribution >= 4 is 13.7 Å². The van der Waals surface area contributed by atoms with Crippen LogP contribution in [0.2, 0.25) is 0 Å². The first kappa shape index (κ1) is 75.7. The van der Waals surface area contributed by atoms with Gasteiger partial charge in [0.25, 0.3) is 0 Å². The van der Waals surface area contributed by atoms with Crippen LogP contribution in [0, 0.1) is 0 Å². The maximum Gasteiger partial charge on any atom is 0.472 e. The van der Waals surface area contributed by atoms with Gasteiger partial charge >= 0.3 is 7.82 Å². The lowest BCUT2D eigenvalue weighted by Crippen LogP contribution is -2.45. The maximum atomic E-state index is 13.0. The van der Waals surface area contributed by atoms with E-state index < -0.39 is 20.0 Å². The van der Waals surface area contributed by atoms with E-state index in [1.165, 1.54) is 276 Å². The van der Waals surface area contributed by atoms with Gasteiger partial charge < -0.3 is 19.8 Å². The van der Waals surface area contributed by atoms with Gasteiger partial charge in [0, 0.05) is 6.42 Å². The van der Waals surface area contributed by atoms with Crippen LogP contribution < -0.4 is 5.32 Å². The molecule has 0 aromatic carbocycles. The van der Waals surface area contributed by atoms with E-state index >= 15 is 0 Å². The number of carbonyl (C=O) groups excluding carboxylic acids is 1. The summed E-state index contributed by atoms with van der Waals surface area (Å²) in [6.07, 6.45) is 78.5. The molecule has 3 atom stereocenters. The molecule has 0 fully saturated rings. The molecular formula is C68H134N2O6P+. The molecule has 3 unspecified atom stereocenters. The first-order valence-corrected chi connectivity index (χ1v) is 35.4. The Hall–Kier alpha value is -1.28. The number of carbonyl (C=O) groups is 1. The summed E-state index contributed by atoms with van der Waals surface area (Å²) in [5, 5.41) is 14.0. The van der Waals surface area contributed by atoms with Crippen LogP contribution in [0.3, 0.4) is 0 Å². The third kappa shape index (κ3) is 62.2. The predicted molar refractivity (Wildman–Crippen MR) is 337 cm³/mol. The summed E-state index contributed by atoms with van der Waals surface area (Å²) in [4.78, 5) is 23.4. The number of allylic oxidation sites excluding steroid dienone is 5. The molecule has 0 aromatic rings. The fourth-order valence-electron chi connectivity index (χ4n) is 10.3. The smallest absolute Gasteiger partial charge is 0.387 e. The van der Waals surface area contributed by atoms with Crippen molar-refractivity contribution in [3.05, 3.63) is 36.5 Å². The predicted octanol–water partition coefficient (Wildman–Crippen LogP) is 21.3. The van der Waals surface area contributed by atoms with Crippen LogP contribution in [0.1, 0.15) is 341 Å². The number of rotatable bonds is 63. The molecule has 456 valence electrons. The molecule has 0 radical (unpaired) electrons. The number of quaternary nitrogens is 1. The molecule has 0 aliphatic carbocycles. The zero-order valence-electron chi connectivity index (χ0n) is 52.2.